The number of hydrogen-bond acceptors (Lipinski definition) is 5. The summed E-state index contributed by atoms with van der Waals surface area (Å²) in [5, 5.41) is 4.06. The van der Waals surface area contributed by atoms with Crippen LogP contribution in [0.2, 0.25) is 0 Å². The van der Waals surface area contributed by atoms with E-state index in [0.29, 0.717) is 6.42 Å². The molecule has 2 aromatic rings. The molecule has 0 aliphatic carbocycles. The van der Waals surface area contributed by atoms with Gasteiger partial charge >= 0.3 is 0 Å². The molecular formula is C13H19N5O. The van der Waals surface area contributed by atoms with Crippen molar-refractivity contribution in [2.45, 2.75) is 18.9 Å². The van der Waals surface area contributed by atoms with E-state index in [1.165, 1.54) is 0 Å². The Bertz CT molecular complexity index is 525. The second-order valence-corrected chi connectivity index (χ2v) is 4.38. The van der Waals surface area contributed by atoms with Crippen LogP contribution in [0.15, 0.2) is 30.6 Å². The Labute approximate surface area is 112 Å². The molecule has 0 aliphatic heterocycles. The molecule has 6 heteroatoms. The minimum Gasteiger partial charge on any atom is -0.496 e. The number of ether oxygens (including phenoxy) is 1. The molecule has 6 nitrogen and oxygen atoms in total. The second-order valence-electron chi connectivity index (χ2n) is 4.38. The van der Waals surface area contributed by atoms with Gasteiger partial charge in [-0.3, -0.25) is 16.0 Å². The van der Waals surface area contributed by atoms with Crippen LogP contribution >= 0.6 is 0 Å². The largest absolute Gasteiger partial charge is 0.496 e. The zero-order valence-corrected chi connectivity index (χ0v) is 11.2. The van der Waals surface area contributed by atoms with Gasteiger partial charge in [-0.2, -0.15) is 5.10 Å². The molecule has 0 aliphatic rings. The van der Waals surface area contributed by atoms with Crippen LogP contribution in [0.4, 0.5) is 0 Å². The maximum absolute atomic E-state index is 5.63. The number of para-hydroxylation sites is 1. The normalized spacial score (nSPS) is 12.4. The molecule has 19 heavy (non-hydrogen) atoms. The molecule has 0 fully saturated rings. The fourth-order valence-corrected chi connectivity index (χ4v) is 2.05. The lowest BCUT2D eigenvalue weighted by Crippen LogP contribution is -2.39. The van der Waals surface area contributed by atoms with Gasteiger partial charge in [-0.15, -0.1) is 0 Å². The molecule has 1 atom stereocenters. The first-order valence-corrected chi connectivity index (χ1v) is 6.15. The summed E-state index contributed by atoms with van der Waals surface area (Å²) in [6, 6.07) is 8.02. The predicted octanol–water partition coefficient (Wildman–Crippen LogP) is 0.441. The monoisotopic (exact) mass is 261 g/mol. The average Bonchev–Trinajstić information content (AvgIpc) is 2.84. The van der Waals surface area contributed by atoms with Crippen LogP contribution in [0.3, 0.4) is 0 Å². The number of hydrazine groups is 1. The zero-order valence-electron chi connectivity index (χ0n) is 11.2. The molecule has 0 bridgehead atoms. The summed E-state index contributed by atoms with van der Waals surface area (Å²) < 4.78 is 7.10. The van der Waals surface area contributed by atoms with E-state index in [9.17, 15) is 0 Å². The van der Waals surface area contributed by atoms with Crippen LogP contribution in [0, 0.1) is 0 Å². The summed E-state index contributed by atoms with van der Waals surface area (Å²) in [6.45, 7) is 0. The number of aromatic nitrogens is 3. The van der Waals surface area contributed by atoms with Gasteiger partial charge in [0.05, 0.1) is 7.11 Å². The minimum absolute atomic E-state index is 0.0826. The SMILES string of the molecule is COc1ccccc1CC(Cc1ncnn1C)NN. The molecule has 0 radical (unpaired) electrons. The number of hydrogen-bond donors (Lipinski definition) is 2. The van der Waals surface area contributed by atoms with Gasteiger partial charge in [0.1, 0.15) is 17.9 Å². The zero-order chi connectivity index (χ0) is 13.7. The highest BCUT2D eigenvalue weighted by Crippen LogP contribution is 2.19. The summed E-state index contributed by atoms with van der Waals surface area (Å²) in [4.78, 5) is 4.21. The van der Waals surface area contributed by atoms with Crippen LogP contribution < -0.4 is 16.0 Å². The summed E-state index contributed by atoms with van der Waals surface area (Å²) in [6.07, 6.45) is 3.03. The van der Waals surface area contributed by atoms with Gasteiger partial charge in [0, 0.05) is 19.5 Å². The molecule has 1 aromatic carbocycles. The number of rotatable bonds is 6. The van der Waals surface area contributed by atoms with E-state index in [2.05, 4.69) is 15.5 Å². The van der Waals surface area contributed by atoms with Crippen LogP contribution in [0.25, 0.3) is 0 Å². The predicted molar refractivity (Wildman–Crippen MR) is 72.5 cm³/mol. The number of aryl methyl sites for hydroxylation is 1. The van der Waals surface area contributed by atoms with Gasteiger partial charge in [0.25, 0.3) is 0 Å². The van der Waals surface area contributed by atoms with E-state index in [1.54, 1.807) is 18.1 Å². The molecule has 2 rings (SSSR count). The Balaban J connectivity index is 2.09. The van der Waals surface area contributed by atoms with Gasteiger partial charge in [-0.1, -0.05) is 18.2 Å². The molecule has 1 unspecified atom stereocenters. The molecule has 102 valence electrons. The van der Waals surface area contributed by atoms with Gasteiger partial charge in [0.2, 0.25) is 0 Å². The smallest absolute Gasteiger partial charge is 0.138 e. The maximum atomic E-state index is 5.63. The number of nitrogens with one attached hydrogen (secondary N) is 1. The van der Waals surface area contributed by atoms with Gasteiger partial charge in [0.15, 0.2) is 0 Å². The van der Waals surface area contributed by atoms with Gasteiger partial charge < -0.3 is 4.74 Å². The number of methoxy groups -OCH3 is 1. The minimum atomic E-state index is 0.0826. The second kappa shape index (κ2) is 6.31. The molecule has 0 spiro atoms. The lowest BCUT2D eigenvalue weighted by molar-refractivity contribution is 0.404. The van der Waals surface area contributed by atoms with Crippen LogP contribution in [-0.4, -0.2) is 27.9 Å². The fraction of sp³-hybridized carbons (Fsp3) is 0.385. The van der Waals surface area contributed by atoms with Crippen LogP contribution in [-0.2, 0) is 19.9 Å². The Morgan fingerprint density at radius 3 is 2.79 bits per heavy atom. The lowest BCUT2D eigenvalue weighted by Gasteiger charge is -2.17. The summed E-state index contributed by atoms with van der Waals surface area (Å²) in [5.41, 5.74) is 3.95. The van der Waals surface area contributed by atoms with Crippen molar-refractivity contribution in [3.63, 3.8) is 0 Å². The van der Waals surface area contributed by atoms with Crippen molar-refractivity contribution < 1.29 is 4.74 Å². The van der Waals surface area contributed by atoms with E-state index >= 15 is 0 Å². The van der Waals surface area contributed by atoms with Crippen molar-refractivity contribution in [1.29, 1.82) is 0 Å². The molecule has 0 saturated heterocycles. The van der Waals surface area contributed by atoms with Crippen molar-refractivity contribution in [2.24, 2.45) is 12.9 Å². The van der Waals surface area contributed by atoms with Crippen molar-refractivity contribution >= 4 is 0 Å². The molecule has 3 N–H and O–H groups in total. The Morgan fingerprint density at radius 1 is 1.37 bits per heavy atom. The first-order valence-electron chi connectivity index (χ1n) is 6.15. The summed E-state index contributed by atoms with van der Waals surface area (Å²) >= 11 is 0. The first-order chi connectivity index (χ1) is 9.24. The Hall–Kier alpha value is -1.92. The molecule has 0 saturated carbocycles. The number of nitrogens with two attached hydrogens (primary N) is 1. The summed E-state index contributed by atoms with van der Waals surface area (Å²) in [5.74, 6) is 7.41. The summed E-state index contributed by atoms with van der Waals surface area (Å²) in [7, 11) is 3.55. The first kappa shape index (κ1) is 13.5. The topological polar surface area (TPSA) is 78.0 Å². The van der Waals surface area contributed by atoms with E-state index in [-0.39, 0.29) is 6.04 Å². The third-order valence-electron chi connectivity index (χ3n) is 3.13. The van der Waals surface area contributed by atoms with Crippen molar-refractivity contribution in [1.82, 2.24) is 20.2 Å². The third kappa shape index (κ3) is 3.30. The highest BCUT2D eigenvalue weighted by Gasteiger charge is 2.14. The molecule has 0 amide bonds. The van der Waals surface area contributed by atoms with E-state index in [1.807, 2.05) is 31.3 Å². The van der Waals surface area contributed by atoms with Crippen LogP contribution in [0.1, 0.15) is 11.4 Å². The van der Waals surface area contributed by atoms with Crippen molar-refractivity contribution in [3.05, 3.63) is 42.0 Å². The quantitative estimate of drug-likeness (QED) is 0.583. The van der Waals surface area contributed by atoms with Gasteiger partial charge in [-0.25, -0.2) is 4.98 Å². The average molecular weight is 261 g/mol. The highest BCUT2D eigenvalue weighted by molar-refractivity contribution is 5.33. The number of benzene rings is 1. The van der Waals surface area contributed by atoms with Crippen LogP contribution in [0.5, 0.6) is 5.75 Å². The molecule has 1 heterocycles. The van der Waals surface area contributed by atoms with Crippen molar-refractivity contribution in [2.75, 3.05) is 7.11 Å². The maximum Gasteiger partial charge on any atom is 0.138 e. The highest BCUT2D eigenvalue weighted by atomic mass is 16.5. The Kier molecular flexibility index (Phi) is 4.48. The van der Waals surface area contributed by atoms with E-state index in [0.717, 1.165) is 23.6 Å². The van der Waals surface area contributed by atoms with Crippen molar-refractivity contribution in [3.8, 4) is 5.75 Å². The standard InChI is InChI=1S/C13H19N5O/c1-18-13(15-9-16-18)8-11(17-14)7-10-5-3-4-6-12(10)19-2/h3-6,9,11,17H,7-8,14H2,1-2H3. The molecular weight excluding hydrogens is 242 g/mol. The fourth-order valence-electron chi connectivity index (χ4n) is 2.05. The van der Waals surface area contributed by atoms with E-state index in [4.69, 9.17) is 10.6 Å². The Morgan fingerprint density at radius 2 is 2.16 bits per heavy atom. The third-order valence-corrected chi connectivity index (χ3v) is 3.13. The van der Waals surface area contributed by atoms with E-state index < -0.39 is 0 Å². The lowest BCUT2D eigenvalue weighted by atomic mass is 10.0. The molecule has 1 aromatic heterocycles. The number of nitrogens with zero attached hydrogens (tertiary/aromatic N) is 3. The van der Waals surface area contributed by atoms with Gasteiger partial charge in [-0.05, 0) is 18.1 Å².